The number of hydrogen-bond donors (Lipinski definition) is 3. The summed E-state index contributed by atoms with van der Waals surface area (Å²) in [7, 11) is 0. The van der Waals surface area contributed by atoms with Crippen LogP contribution in [0.4, 0.5) is 11.4 Å². The zero-order chi connectivity index (χ0) is 14.9. The summed E-state index contributed by atoms with van der Waals surface area (Å²) in [6.45, 7) is 2.85. The second kappa shape index (κ2) is 5.38. The monoisotopic (exact) mass is 279 g/mol. The van der Waals surface area contributed by atoms with E-state index in [0.29, 0.717) is 24.4 Å². The molecule has 108 valence electrons. The Hall–Kier alpha value is -2.28. The van der Waals surface area contributed by atoms with Gasteiger partial charge in [-0.15, -0.1) is 0 Å². The van der Waals surface area contributed by atoms with Crippen LogP contribution in [-0.4, -0.2) is 42.8 Å². The Morgan fingerprint density at radius 1 is 1.45 bits per heavy atom. The van der Waals surface area contributed by atoms with E-state index >= 15 is 0 Å². The molecule has 7 heteroatoms. The number of aromatic carboxylic acids is 1. The van der Waals surface area contributed by atoms with Crippen molar-refractivity contribution < 1.29 is 19.4 Å². The first-order valence-electron chi connectivity index (χ1n) is 6.19. The molecule has 2 rings (SSSR count). The quantitative estimate of drug-likeness (QED) is 0.668. The molecule has 0 radical (unpaired) electrons. The van der Waals surface area contributed by atoms with Crippen molar-refractivity contribution >= 4 is 23.3 Å². The van der Waals surface area contributed by atoms with Crippen LogP contribution in [0, 0.1) is 6.92 Å². The Balaban J connectivity index is 2.45. The number of aryl methyl sites for hydroxylation is 1. The minimum absolute atomic E-state index is 0.0229. The maximum Gasteiger partial charge on any atom is 0.337 e. The van der Waals surface area contributed by atoms with Gasteiger partial charge in [0.25, 0.3) is 0 Å². The van der Waals surface area contributed by atoms with E-state index in [2.05, 4.69) is 0 Å². The predicted octanol–water partition coefficient (Wildman–Crippen LogP) is -0.0341. The van der Waals surface area contributed by atoms with Crippen molar-refractivity contribution in [2.45, 2.75) is 13.0 Å². The number of anilines is 2. The normalized spacial score (nSPS) is 18.9. The van der Waals surface area contributed by atoms with Crippen LogP contribution in [0.25, 0.3) is 0 Å². The fourth-order valence-corrected chi connectivity index (χ4v) is 2.27. The third-order valence-corrected chi connectivity index (χ3v) is 3.39. The molecule has 1 unspecified atom stereocenters. The summed E-state index contributed by atoms with van der Waals surface area (Å²) in [4.78, 5) is 24.4. The van der Waals surface area contributed by atoms with Gasteiger partial charge in [0.2, 0.25) is 5.91 Å². The van der Waals surface area contributed by atoms with Crippen LogP contribution < -0.4 is 16.4 Å². The van der Waals surface area contributed by atoms with Crippen LogP contribution >= 0.6 is 0 Å². The predicted molar refractivity (Wildman–Crippen MR) is 73.7 cm³/mol. The van der Waals surface area contributed by atoms with E-state index in [9.17, 15) is 14.7 Å². The molecule has 5 N–H and O–H groups in total. The molecule has 0 bridgehead atoms. The van der Waals surface area contributed by atoms with Gasteiger partial charge >= 0.3 is 5.97 Å². The van der Waals surface area contributed by atoms with Crippen LogP contribution in [0.5, 0.6) is 0 Å². The number of nitrogen functional groups attached to an aromatic ring is 1. The van der Waals surface area contributed by atoms with Gasteiger partial charge in [-0.2, -0.15) is 0 Å². The number of nitrogens with two attached hydrogens (primary N) is 2. The maximum absolute atomic E-state index is 11.5. The van der Waals surface area contributed by atoms with Gasteiger partial charge < -0.3 is 26.2 Å². The third kappa shape index (κ3) is 2.53. The molecular formula is C13H17N3O4. The molecule has 0 aliphatic carbocycles. The first-order valence-corrected chi connectivity index (χ1v) is 6.19. The minimum atomic E-state index is -1.10. The molecule has 1 aromatic carbocycles. The molecule has 0 spiro atoms. The summed E-state index contributed by atoms with van der Waals surface area (Å²) < 4.78 is 5.24. The molecule has 1 aliphatic rings. The minimum Gasteiger partial charge on any atom is -0.478 e. The van der Waals surface area contributed by atoms with Gasteiger partial charge in [0.1, 0.15) is 6.04 Å². The lowest BCUT2D eigenvalue weighted by atomic mass is 10.0. The number of carboxylic acids is 1. The Morgan fingerprint density at radius 2 is 2.15 bits per heavy atom. The first-order chi connectivity index (χ1) is 9.41. The van der Waals surface area contributed by atoms with Gasteiger partial charge in [-0.3, -0.25) is 4.79 Å². The van der Waals surface area contributed by atoms with Crippen molar-refractivity contribution in [3.8, 4) is 0 Å². The van der Waals surface area contributed by atoms with Gasteiger partial charge in [0.15, 0.2) is 0 Å². The Labute approximate surface area is 116 Å². The summed E-state index contributed by atoms with van der Waals surface area (Å²) in [6, 6.07) is 2.61. The van der Waals surface area contributed by atoms with Crippen molar-refractivity contribution in [2.75, 3.05) is 30.4 Å². The van der Waals surface area contributed by atoms with E-state index in [1.807, 2.05) is 0 Å². The summed E-state index contributed by atoms with van der Waals surface area (Å²) in [5, 5.41) is 9.17. The van der Waals surface area contributed by atoms with Crippen molar-refractivity contribution in [1.29, 1.82) is 0 Å². The molecule has 1 amide bonds. The highest BCUT2D eigenvalue weighted by molar-refractivity contribution is 5.96. The van der Waals surface area contributed by atoms with Crippen molar-refractivity contribution in [1.82, 2.24) is 0 Å². The Morgan fingerprint density at radius 3 is 2.75 bits per heavy atom. The van der Waals surface area contributed by atoms with Crippen LogP contribution in [0.3, 0.4) is 0 Å². The number of nitrogens with zero attached hydrogens (tertiary/aromatic N) is 1. The SMILES string of the molecule is Cc1cc(N2CCOCC2C(N)=O)cc(C(=O)O)c1N. The van der Waals surface area contributed by atoms with E-state index in [1.165, 1.54) is 6.07 Å². The van der Waals surface area contributed by atoms with Crippen molar-refractivity contribution in [2.24, 2.45) is 5.73 Å². The highest BCUT2D eigenvalue weighted by Gasteiger charge is 2.29. The summed E-state index contributed by atoms with van der Waals surface area (Å²) in [6.07, 6.45) is 0. The summed E-state index contributed by atoms with van der Waals surface area (Å²) in [5.74, 6) is -1.60. The number of ether oxygens (including phenoxy) is 1. The molecule has 20 heavy (non-hydrogen) atoms. The molecule has 0 aromatic heterocycles. The summed E-state index contributed by atoms with van der Waals surface area (Å²) >= 11 is 0. The van der Waals surface area contributed by atoms with Crippen molar-refractivity contribution in [3.63, 3.8) is 0 Å². The number of benzene rings is 1. The largest absolute Gasteiger partial charge is 0.478 e. The fraction of sp³-hybridized carbons (Fsp3) is 0.385. The standard InChI is InChI=1S/C13H17N3O4/c1-7-4-8(5-9(11(7)14)13(18)19)16-2-3-20-6-10(16)12(15)17/h4-5,10H,2-3,6,14H2,1H3,(H2,15,17)(H,18,19). The molecular weight excluding hydrogens is 262 g/mol. The molecule has 1 heterocycles. The van der Waals surface area contributed by atoms with Crippen LogP contribution in [0.2, 0.25) is 0 Å². The van der Waals surface area contributed by atoms with E-state index in [-0.39, 0.29) is 17.9 Å². The molecule has 1 fully saturated rings. The molecule has 1 aromatic rings. The average Bonchev–Trinajstić information content (AvgIpc) is 2.41. The lowest BCUT2D eigenvalue weighted by Crippen LogP contribution is -2.52. The number of morpholine rings is 1. The average molecular weight is 279 g/mol. The topological polar surface area (TPSA) is 119 Å². The third-order valence-electron chi connectivity index (χ3n) is 3.39. The summed E-state index contributed by atoms with van der Waals surface area (Å²) in [5.41, 5.74) is 12.6. The van der Waals surface area contributed by atoms with Crippen LogP contribution in [0.1, 0.15) is 15.9 Å². The maximum atomic E-state index is 11.5. The van der Waals surface area contributed by atoms with E-state index in [0.717, 1.165) is 0 Å². The highest BCUT2D eigenvalue weighted by Crippen LogP contribution is 2.27. The molecule has 1 atom stereocenters. The molecule has 0 saturated carbocycles. The van der Waals surface area contributed by atoms with Crippen molar-refractivity contribution in [3.05, 3.63) is 23.3 Å². The van der Waals surface area contributed by atoms with Crippen LogP contribution in [0.15, 0.2) is 12.1 Å². The van der Waals surface area contributed by atoms with Gasteiger partial charge in [-0.1, -0.05) is 0 Å². The number of hydrogen-bond acceptors (Lipinski definition) is 5. The lowest BCUT2D eigenvalue weighted by molar-refractivity contribution is -0.121. The second-order valence-corrected chi connectivity index (χ2v) is 4.72. The molecule has 1 aliphatic heterocycles. The number of rotatable bonds is 3. The lowest BCUT2D eigenvalue weighted by Gasteiger charge is -2.35. The number of carbonyl (C=O) groups excluding carboxylic acids is 1. The number of amides is 1. The van der Waals surface area contributed by atoms with E-state index < -0.39 is 17.9 Å². The number of carboxylic acid groups (broad SMARTS) is 1. The zero-order valence-electron chi connectivity index (χ0n) is 11.1. The van der Waals surface area contributed by atoms with Gasteiger partial charge in [0, 0.05) is 17.9 Å². The van der Waals surface area contributed by atoms with Crippen LogP contribution in [-0.2, 0) is 9.53 Å². The molecule has 1 saturated heterocycles. The molecule has 7 nitrogen and oxygen atoms in total. The van der Waals surface area contributed by atoms with E-state index in [4.69, 9.17) is 16.2 Å². The fourth-order valence-electron chi connectivity index (χ4n) is 2.27. The zero-order valence-corrected chi connectivity index (χ0v) is 11.1. The van der Waals surface area contributed by atoms with Gasteiger partial charge in [0.05, 0.1) is 18.8 Å². The smallest absolute Gasteiger partial charge is 0.337 e. The number of carbonyl (C=O) groups is 2. The van der Waals surface area contributed by atoms with Gasteiger partial charge in [-0.05, 0) is 24.6 Å². The first kappa shape index (κ1) is 14.1. The van der Waals surface area contributed by atoms with Gasteiger partial charge in [-0.25, -0.2) is 4.79 Å². The number of primary amides is 1. The Bertz CT molecular complexity index is 559. The second-order valence-electron chi connectivity index (χ2n) is 4.72. The Kier molecular flexibility index (Phi) is 3.80. The van der Waals surface area contributed by atoms with E-state index in [1.54, 1.807) is 17.9 Å². The highest BCUT2D eigenvalue weighted by atomic mass is 16.5.